The number of ketones is 1. The van der Waals surface area contributed by atoms with Crippen LogP contribution in [0.25, 0.3) is 0 Å². The van der Waals surface area contributed by atoms with Gasteiger partial charge < -0.3 is 0 Å². The summed E-state index contributed by atoms with van der Waals surface area (Å²) in [5.41, 5.74) is 0. The Morgan fingerprint density at radius 1 is 0.739 bits per heavy atom. The van der Waals surface area contributed by atoms with E-state index < -0.39 is 0 Å². The topological polar surface area (TPSA) is 20.3 Å². The van der Waals surface area contributed by atoms with Crippen molar-refractivity contribution in [2.75, 3.05) is 7.05 Å². The van der Waals surface area contributed by atoms with Crippen LogP contribution in [0.1, 0.15) is 90.4 Å². The molecule has 3 aliphatic rings. The van der Waals surface area contributed by atoms with Gasteiger partial charge in [0.25, 0.3) is 0 Å². The van der Waals surface area contributed by atoms with Gasteiger partial charge in [-0.3, -0.25) is 9.69 Å². The zero-order valence-electron chi connectivity index (χ0n) is 15.4. The summed E-state index contributed by atoms with van der Waals surface area (Å²) in [6.07, 6.45) is 17.8. The van der Waals surface area contributed by atoms with Gasteiger partial charge >= 0.3 is 0 Å². The highest BCUT2D eigenvalue weighted by Crippen LogP contribution is 2.47. The smallest absolute Gasteiger partial charge is 0.134 e. The average Bonchev–Trinajstić information content (AvgIpc) is 2.75. The molecule has 2 aliphatic carbocycles. The fraction of sp³-hybridized carbons (Fsp3) is 0.952. The van der Waals surface area contributed by atoms with Gasteiger partial charge in [0.2, 0.25) is 0 Å². The van der Waals surface area contributed by atoms with Crippen LogP contribution < -0.4 is 0 Å². The predicted molar refractivity (Wildman–Crippen MR) is 96.5 cm³/mol. The second-order valence-electron chi connectivity index (χ2n) is 8.60. The third kappa shape index (κ3) is 3.83. The standard InChI is InChI=1S/C21H37NO/c1-16(23)17-12-9-7-10-14-19-18-13-8-5-3-4-6-11-15-20(18)22(2)21(17)19/h17-21H,3-15H2,1-2H3/t17-,18?,19?,20?,21?/m1/s1. The van der Waals surface area contributed by atoms with Crippen molar-refractivity contribution in [1.29, 1.82) is 0 Å². The van der Waals surface area contributed by atoms with Gasteiger partial charge in [-0.2, -0.15) is 0 Å². The normalized spacial score (nSPS) is 40.5. The molecule has 1 saturated heterocycles. The van der Waals surface area contributed by atoms with Gasteiger partial charge in [-0.1, -0.05) is 57.8 Å². The maximum atomic E-state index is 12.4. The second-order valence-corrected chi connectivity index (χ2v) is 8.60. The first-order valence-electron chi connectivity index (χ1n) is 10.4. The fourth-order valence-corrected chi connectivity index (χ4v) is 6.13. The van der Waals surface area contributed by atoms with Crippen molar-refractivity contribution in [2.45, 2.75) is 102 Å². The van der Waals surface area contributed by atoms with Crippen LogP contribution in [0.3, 0.4) is 0 Å². The molecule has 132 valence electrons. The summed E-state index contributed by atoms with van der Waals surface area (Å²) < 4.78 is 0. The predicted octanol–water partition coefficient (Wildman–Crippen LogP) is 5.21. The molecule has 0 aromatic heterocycles. The Labute approximate surface area is 143 Å². The Morgan fingerprint density at radius 2 is 1.26 bits per heavy atom. The molecule has 1 aliphatic heterocycles. The number of carbonyl (C=O) groups is 1. The third-order valence-corrected chi connectivity index (χ3v) is 7.25. The molecule has 3 fully saturated rings. The van der Waals surface area contributed by atoms with Gasteiger partial charge in [0.05, 0.1) is 0 Å². The lowest BCUT2D eigenvalue weighted by Crippen LogP contribution is -2.42. The lowest BCUT2D eigenvalue weighted by Gasteiger charge is -2.35. The van der Waals surface area contributed by atoms with E-state index in [0.29, 0.717) is 17.7 Å². The zero-order valence-corrected chi connectivity index (χ0v) is 15.4. The number of fused-ring (bicyclic) bond motifs is 3. The molecule has 2 saturated carbocycles. The van der Waals surface area contributed by atoms with Crippen LogP contribution >= 0.6 is 0 Å². The van der Waals surface area contributed by atoms with Crippen molar-refractivity contribution in [2.24, 2.45) is 17.8 Å². The summed E-state index contributed by atoms with van der Waals surface area (Å²) in [5, 5.41) is 0. The Kier molecular flexibility index (Phi) is 6.18. The SMILES string of the molecule is CC(=O)[C@H]1CCCCCC2C3CCCCCCCCC3N(C)C21. The van der Waals surface area contributed by atoms with Gasteiger partial charge in [-0.15, -0.1) is 0 Å². The Bertz CT molecular complexity index is 393. The van der Waals surface area contributed by atoms with Gasteiger partial charge in [0.15, 0.2) is 0 Å². The average molecular weight is 320 g/mol. The number of hydrogen-bond donors (Lipinski definition) is 0. The first-order valence-corrected chi connectivity index (χ1v) is 10.4. The lowest BCUT2D eigenvalue weighted by atomic mass is 9.73. The number of nitrogens with zero attached hydrogens (tertiary/aromatic N) is 1. The van der Waals surface area contributed by atoms with Crippen LogP contribution in [0.4, 0.5) is 0 Å². The molecule has 0 spiro atoms. The minimum atomic E-state index is 0.308. The van der Waals surface area contributed by atoms with E-state index in [9.17, 15) is 4.79 Å². The quantitative estimate of drug-likeness (QED) is 0.661. The number of likely N-dealkylation sites (tertiary alicyclic amines) is 1. The summed E-state index contributed by atoms with van der Waals surface area (Å²) >= 11 is 0. The minimum Gasteiger partial charge on any atom is -0.300 e. The number of carbonyl (C=O) groups excluding carboxylic acids is 1. The maximum Gasteiger partial charge on any atom is 0.134 e. The largest absolute Gasteiger partial charge is 0.300 e. The molecule has 0 aromatic carbocycles. The molecular formula is C21H37NO. The van der Waals surface area contributed by atoms with Crippen molar-refractivity contribution in [3.63, 3.8) is 0 Å². The van der Waals surface area contributed by atoms with Crippen LogP contribution in [0.2, 0.25) is 0 Å². The molecule has 0 bridgehead atoms. The molecule has 2 heteroatoms. The van der Waals surface area contributed by atoms with E-state index in [1.165, 1.54) is 77.0 Å². The number of rotatable bonds is 1. The highest BCUT2D eigenvalue weighted by atomic mass is 16.1. The third-order valence-electron chi connectivity index (χ3n) is 7.25. The van der Waals surface area contributed by atoms with Crippen molar-refractivity contribution < 1.29 is 4.79 Å². The molecule has 0 amide bonds. The molecule has 2 nitrogen and oxygen atoms in total. The fourth-order valence-electron chi connectivity index (χ4n) is 6.13. The van der Waals surface area contributed by atoms with Crippen molar-refractivity contribution in [3.05, 3.63) is 0 Å². The van der Waals surface area contributed by atoms with Crippen molar-refractivity contribution in [3.8, 4) is 0 Å². The molecule has 0 aromatic rings. The lowest BCUT2D eigenvalue weighted by molar-refractivity contribution is -0.123. The first-order chi connectivity index (χ1) is 11.2. The molecule has 23 heavy (non-hydrogen) atoms. The zero-order chi connectivity index (χ0) is 16.2. The highest BCUT2D eigenvalue weighted by molar-refractivity contribution is 5.79. The molecule has 0 N–H and O–H groups in total. The van der Waals surface area contributed by atoms with E-state index in [0.717, 1.165) is 24.3 Å². The summed E-state index contributed by atoms with van der Waals surface area (Å²) in [5.74, 6) is 2.42. The van der Waals surface area contributed by atoms with Gasteiger partial charge in [0, 0.05) is 18.0 Å². The monoisotopic (exact) mass is 319 g/mol. The number of hydrogen-bond acceptors (Lipinski definition) is 2. The molecular weight excluding hydrogens is 282 g/mol. The van der Waals surface area contributed by atoms with E-state index in [1.54, 1.807) is 0 Å². The molecule has 0 radical (unpaired) electrons. The second kappa shape index (κ2) is 8.14. The van der Waals surface area contributed by atoms with E-state index in [2.05, 4.69) is 11.9 Å². The summed E-state index contributed by atoms with van der Waals surface area (Å²) in [4.78, 5) is 15.1. The van der Waals surface area contributed by atoms with Gasteiger partial charge in [0.1, 0.15) is 5.78 Å². The molecule has 4 unspecified atom stereocenters. The summed E-state index contributed by atoms with van der Waals surface area (Å²) in [6, 6.07) is 1.30. The van der Waals surface area contributed by atoms with Crippen LogP contribution in [0.5, 0.6) is 0 Å². The van der Waals surface area contributed by atoms with Crippen LogP contribution in [-0.4, -0.2) is 29.8 Å². The molecule has 1 heterocycles. The van der Waals surface area contributed by atoms with Crippen molar-refractivity contribution in [1.82, 2.24) is 4.90 Å². The summed E-state index contributed by atoms with van der Waals surface area (Å²) in [6.45, 7) is 1.85. The molecule has 5 atom stereocenters. The molecule has 3 rings (SSSR count). The van der Waals surface area contributed by atoms with Crippen LogP contribution in [0, 0.1) is 17.8 Å². The Morgan fingerprint density at radius 3 is 1.96 bits per heavy atom. The minimum absolute atomic E-state index is 0.308. The first kappa shape index (κ1) is 17.5. The Balaban J connectivity index is 1.84. The highest BCUT2D eigenvalue weighted by Gasteiger charge is 2.49. The van der Waals surface area contributed by atoms with E-state index in [4.69, 9.17) is 0 Å². The number of Topliss-reactive ketones (excluding diaryl/α,β-unsaturated/α-hetero) is 1. The van der Waals surface area contributed by atoms with E-state index >= 15 is 0 Å². The van der Waals surface area contributed by atoms with Gasteiger partial charge in [-0.05, 0) is 51.5 Å². The van der Waals surface area contributed by atoms with Crippen LogP contribution in [0.15, 0.2) is 0 Å². The van der Waals surface area contributed by atoms with Crippen LogP contribution in [-0.2, 0) is 4.79 Å². The van der Waals surface area contributed by atoms with Gasteiger partial charge in [-0.25, -0.2) is 0 Å². The Hall–Kier alpha value is -0.370. The summed E-state index contributed by atoms with van der Waals surface area (Å²) in [7, 11) is 2.35. The van der Waals surface area contributed by atoms with E-state index in [1.807, 2.05) is 6.92 Å². The maximum absolute atomic E-state index is 12.4. The van der Waals surface area contributed by atoms with E-state index in [-0.39, 0.29) is 0 Å². The van der Waals surface area contributed by atoms with Crippen molar-refractivity contribution >= 4 is 5.78 Å².